The van der Waals surface area contributed by atoms with Gasteiger partial charge in [-0.3, -0.25) is 0 Å². The van der Waals surface area contributed by atoms with Crippen molar-refractivity contribution in [3.05, 3.63) is 77.1 Å². The van der Waals surface area contributed by atoms with Gasteiger partial charge in [0, 0.05) is 6.42 Å². The number of hydrogen-bond acceptors (Lipinski definition) is 4. The topological polar surface area (TPSA) is 67.4 Å². The van der Waals surface area contributed by atoms with Crippen LogP contribution in [0, 0.1) is 11.3 Å². The molecule has 0 bridgehead atoms. The Kier molecular flexibility index (Phi) is 3.70. The molecule has 2 aromatic carbocycles. The second-order valence-electron chi connectivity index (χ2n) is 4.73. The maximum Gasteiger partial charge on any atom is 0.156 e. The molecule has 3 aromatic rings. The molecule has 3 rings (SSSR count). The summed E-state index contributed by atoms with van der Waals surface area (Å²) in [4.78, 5) is 0. The quantitative estimate of drug-likeness (QED) is 0.732. The minimum absolute atomic E-state index is 0.560. The summed E-state index contributed by atoms with van der Waals surface area (Å²) in [5.74, 6) is 0.809. The smallest absolute Gasteiger partial charge is 0.156 e. The van der Waals surface area contributed by atoms with E-state index in [1.54, 1.807) is 10.7 Å². The summed E-state index contributed by atoms with van der Waals surface area (Å²) < 4.78 is 1.77. The lowest BCUT2D eigenvalue weighted by Gasteiger charge is -2.05. The lowest BCUT2D eigenvalue weighted by atomic mass is 10.1. The van der Waals surface area contributed by atoms with Gasteiger partial charge in [-0.2, -0.15) is 5.26 Å². The monoisotopic (exact) mass is 275 g/mol. The first-order valence-corrected chi connectivity index (χ1v) is 6.63. The first kappa shape index (κ1) is 13.0. The van der Waals surface area contributed by atoms with Gasteiger partial charge in [-0.05, 0) is 33.7 Å². The van der Waals surface area contributed by atoms with Crippen LogP contribution >= 0.6 is 0 Å². The molecular formula is C16H13N5. The predicted octanol–water partition coefficient (Wildman–Crippen LogP) is 2.18. The van der Waals surface area contributed by atoms with E-state index in [-0.39, 0.29) is 0 Å². The molecule has 0 spiro atoms. The highest BCUT2D eigenvalue weighted by atomic mass is 15.5. The molecule has 0 radical (unpaired) electrons. The molecule has 0 amide bonds. The molecule has 102 valence electrons. The van der Waals surface area contributed by atoms with E-state index in [9.17, 15) is 0 Å². The molecule has 5 heteroatoms. The van der Waals surface area contributed by atoms with Crippen LogP contribution in [0.15, 0.2) is 54.6 Å². The number of nitrogens with zero attached hydrogens (tertiary/aromatic N) is 5. The average Bonchev–Trinajstić information content (AvgIpc) is 2.95. The van der Waals surface area contributed by atoms with Gasteiger partial charge in [-0.15, -0.1) is 5.10 Å². The van der Waals surface area contributed by atoms with E-state index in [4.69, 9.17) is 5.26 Å². The van der Waals surface area contributed by atoms with Crippen molar-refractivity contribution >= 4 is 0 Å². The van der Waals surface area contributed by atoms with Crippen molar-refractivity contribution in [2.45, 2.75) is 13.0 Å². The molecular weight excluding hydrogens is 262 g/mol. The molecule has 0 aliphatic rings. The fraction of sp³-hybridized carbons (Fsp3) is 0.125. The van der Waals surface area contributed by atoms with Crippen LogP contribution < -0.4 is 0 Å². The zero-order chi connectivity index (χ0) is 14.5. The molecule has 0 aliphatic heterocycles. The molecule has 0 N–H and O–H groups in total. The second-order valence-corrected chi connectivity index (χ2v) is 4.73. The summed E-state index contributed by atoms with van der Waals surface area (Å²) >= 11 is 0. The number of nitriles is 1. The van der Waals surface area contributed by atoms with Gasteiger partial charge in [0.1, 0.15) is 0 Å². The number of benzene rings is 2. The third-order valence-electron chi connectivity index (χ3n) is 3.20. The molecule has 0 unspecified atom stereocenters. The predicted molar refractivity (Wildman–Crippen MR) is 77.3 cm³/mol. The fourth-order valence-corrected chi connectivity index (χ4v) is 2.16. The molecule has 0 saturated heterocycles. The Balaban J connectivity index is 1.81. The fourth-order valence-electron chi connectivity index (χ4n) is 2.16. The standard InChI is InChI=1S/C16H13N5/c17-11-14-7-4-8-15(9-14)12-21-16(18-19-20-21)10-13-5-2-1-3-6-13/h1-9H,10,12H2. The number of tetrazole rings is 1. The number of hydrogen-bond donors (Lipinski definition) is 0. The SMILES string of the molecule is N#Cc1cccc(Cn2nnnc2Cc2ccccc2)c1. The minimum Gasteiger partial charge on any atom is -0.225 e. The van der Waals surface area contributed by atoms with E-state index >= 15 is 0 Å². The first-order valence-electron chi connectivity index (χ1n) is 6.63. The highest BCUT2D eigenvalue weighted by Crippen LogP contribution is 2.09. The van der Waals surface area contributed by atoms with Crippen LogP contribution in [0.3, 0.4) is 0 Å². The minimum atomic E-state index is 0.560. The number of rotatable bonds is 4. The van der Waals surface area contributed by atoms with E-state index < -0.39 is 0 Å². The Bertz CT molecular complexity index is 771. The van der Waals surface area contributed by atoms with Crippen LogP contribution in [-0.4, -0.2) is 20.2 Å². The van der Waals surface area contributed by atoms with Gasteiger partial charge in [-0.1, -0.05) is 42.5 Å². The Labute approximate surface area is 122 Å². The molecule has 0 saturated carbocycles. The van der Waals surface area contributed by atoms with Gasteiger partial charge < -0.3 is 0 Å². The van der Waals surface area contributed by atoms with Crippen LogP contribution in [0.2, 0.25) is 0 Å². The molecule has 21 heavy (non-hydrogen) atoms. The Morgan fingerprint density at radius 1 is 1.00 bits per heavy atom. The Morgan fingerprint density at radius 2 is 1.81 bits per heavy atom. The maximum absolute atomic E-state index is 8.94. The lowest BCUT2D eigenvalue weighted by molar-refractivity contribution is 0.625. The largest absolute Gasteiger partial charge is 0.225 e. The van der Waals surface area contributed by atoms with E-state index in [2.05, 4.69) is 33.7 Å². The van der Waals surface area contributed by atoms with Crippen molar-refractivity contribution in [1.29, 1.82) is 5.26 Å². The third-order valence-corrected chi connectivity index (χ3v) is 3.20. The van der Waals surface area contributed by atoms with Gasteiger partial charge in [0.05, 0.1) is 18.2 Å². The van der Waals surface area contributed by atoms with E-state index in [0.29, 0.717) is 18.5 Å². The van der Waals surface area contributed by atoms with Gasteiger partial charge in [0.25, 0.3) is 0 Å². The highest BCUT2D eigenvalue weighted by molar-refractivity contribution is 5.32. The van der Waals surface area contributed by atoms with Crippen molar-refractivity contribution in [3.63, 3.8) is 0 Å². The van der Waals surface area contributed by atoms with Crippen LogP contribution in [0.4, 0.5) is 0 Å². The van der Waals surface area contributed by atoms with E-state index in [0.717, 1.165) is 11.4 Å². The maximum atomic E-state index is 8.94. The molecule has 1 aromatic heterocycles. The first-order chi connectivity index (χ1) is 10.3. The normalized spacial score (nSPS) is 10.2. The molecule has 0 aliphatic carbocycles. The van der Waals surface area contributed by atoms with Crippen LogP contribution in [0.5, 0.6) is 0 Å². The molecule has 0 fully saturated rings. The van der Waals surface area contributed by atoms with Crippen molar-refractivity contribution < 1.29 is 0 Å². The second kappa shape index (κ2) is 5.97. The van der Waals surface area contributed by atoms with Gasteiger partial charge in [0.15, 0.2) is 5.82 Å². The highest BCUT2D eigenvalue weighted by Gasteiger charge is 2.08. The summed E-state index contributed by atoms with van der Waals surface area (Å²) in [6, 6.07) is 19.7. The van der Waals surface area contributed by atoms with Gasteiger partial charge >= 0.3 is 0 Å². The van der Waals surface area contributed by atoms with Crippen molar-refractivity contribution in [2.24, 2.45) is 0 Å². The summed E-state index contributed by atoms with van der Waals surface area (Å²) in [6.45, 7) is 0.560. The zero-order valence-electron chi connectivity index (χ0n) is 11.3. The summed E-state index contributed by atoms with van der Waals surface area (Å²) in [7, 11) is 0. The third kappa shape index (κ3) is 3.12. The summed E-state index contributed by atoms with van der Waals surface area (Å²) in [5, 5.41) is 20.8. The lowest BCUT2D eigenvalue weighted by Crippen LogP contribution is -2.08. The van der Waals surface area contributed by atoms with Crippen molar-refractivity contribution in [2.75, 3.05) is 0 Å². The average molecular weight is 275 g/mol. The molecule has 1 heterocycles. The Morgan fingerprint density at radius 3 is 2.62 bits per heavy atom. The number of aromatic nitrogens is 4. The van der Waals surface area contributed by atoms with Gasteiger partial charge in [-0.25, -0.2) is 4.68 Å². The van der Waals surface area contributed by atoms with Crippen molar-refractivity contribution in [1.82, 2.24) is 20.2 Å². The van der Waals surface area contributed by atoms with Crippen LogP contribution in [0.1, 0.15) is 22.5 Å². The molecule has 5 nitrogen and oxygen atoms in total. The van der Waals surface area contributed by atoms with Gasteiger partial charge in [0.2, 0.25) is 0 Å². The summed E-state index contributed by atoms with van der Waals surface area (Å²) in [6.07, 6.45) is 0.686. The van der Waals surface area contributed by atoms with E-state index in [1.807, 2.05) is 36.4 Å². The van der Waals surface area contributed by atoms with E-state index in [1.165, 1.54) is 5.56 Å². The Hall–Kier alpha value is -3.00. The van der Waals surface area contributed by atoms with Crippen LogP contribution in [-0.2, 0) is 13.0 Å². The summed E-state index contributed by atoms with van der Waals surface area (Å²) in [5.41, 5.74) is 2.82. The van der Waals surface area contributed by atoms with Crippen molar-refractivity contribution in [3.8, 4) is 6.07 Å². The molecule has 0 atom stereocenters. The zero-order valence-corrected chi connectivity index (χ0v) is 11.3. The van der Waals surface area contributed by atoms with Crippen LogP contribution in [0.25, 0.3) is 0 Å².